The molecule has 0 aromatic heterocycles. The van der Waals surface area contributed by atoms with E-state index in [2.05, 4.69) is 45.7 Å². The molecule has 0 saturated heterocycles. The van der Waals surface area contributed by atoms with E-state index >= 15 is 0 Å². The maximum absolute atomic E-state index is 6.17. The highest BCUT2D eigenvalue weighted by molar-refractivity contribution is 14.1. The molecule has 2 aliphatic carbocycles. The van der Waals surface area contributed by atoms with E-state index in [-0.39, 0.29) is 0 Å². The quantitative estimate of drug-likeness (QED) is 0.656. The van der Waals surface area contributed by atoms with Gasteiger partial charge in [0.1, 0.15) is 0 Å². The van der Waals surface area contributed by atoms with Gasteiger partial charge in [-0.1, -0.05) is 0 Å². The zero-order valence-corrected chi connectivity index (χ0v) is 12.2. The maximum Gasteiger partial charge on any atom is 0.0600 e. The lowest BCUT2D eigenvalue weighted by atomic mass is 10.2. The Hall–Kier alpha value is -0.450. The number of benzene rings is 1. The summed E-state index contributed by atoms with van der Waals surface area (Å²) >= 11 is 2.32. The maximum atomic E-state index is 6.17. The van der Waals surface area contributed by atoms with Crippen molar-refractivity contribution < 1.29 is 0 Å². The summed E-state index contributed by atoms with van der Waals surface area (Å²) in [5.41, 5.74) is 8.36. The van der Waals surface area contributed by atoms with Crippen LogP contribution in [-0.4, -0.2) is 13.1 Å². The molecule has 17 heavy (non-hydrogen) atoms. The number of hydrogen-bond acceptors (Lipinski definition) is 2. The van der Waals surface area contributed by atoms with Crippen molar-refractivity contribution in [3.8, 4) is 0 Å². The fourth-order valence-electron chi connectivity index (χ4n) is 2.31. The minimum atomic E-state index is 0.924. The Morgan fingerprint density at radius 2 is 1.71 bits per heavy atom. The van der Waals surface area contributed by atoms with Crippen LogP contribution in [0, 0.1) is 15.4 Å². The van der Waals surface area contributed by atoms with Crippen LogP contribution in [0.15, 0.2) is 18.2 Å². The second kappa shape index (κ2) is 4.67. The molecule has 2 aliphatic rings. The summed E-state index contributed by atoms with van der Waals surface area (Å²) < 4.78 is 1.22. The van der Waals surface area contributed by atoms with Crippen LogP contribution < -0.4 is 10.6 Å². The second-order valence-corrected chi connectivity index (χ2v) is 6.74. The van der Waals surface area contributed by atoms with Gasteiger partial charge in [-0.3, -0.25) is 0 Å². The Morgan fingerprint density at radius 3 is 2.18 bits per heavy atom. The summed E-state index contributed by atoms with van der Waals surface area (Å²) in [4.78, 5) is 2.53. The van der Waals surface area contributed by atoms with Crippen molar-refractivity contribution in [2.75, 3.05) is 23.7 Å². The molecule has 0 radical (unpaired) electrons. The lowest BCUT2D eigenvalue weighted by Gasteiger charge is -2.26. The SMILES string of the molecule is Nc1cc(I)ccc1N(CC1CC1)CC1CC1. The van der Waals surface area contributed by atoms with Crippen LogP contribution in [0.25, 0.3) is 0 Å². The molecule has 0 bridgehead atoms. The third-order valence-electron chi connectivity index (χ3n) is 3.68. The molecule has 2 nitrogen and oxygen atoms in total. The molecule has 0 amide bonds. The minimum Gasteiger partial charge on any atom is -0.397 e. The van der Waals surface area contributed by atoms with E-state index in [0.717, 1.165) is 17.5 Å². The number of nitrogens with two attached hydrogens (primary N) is 1. The Balaban J connectivity index is 1.78. The van der Waals surface area contributed by atoms with Gasteiger partial charge in [-0.05, 0) is 78.3 Å². The molecule has 92 valence electrons. The molecule has 2 fully saturated rings. The van der Waals surface area contributed by atoms with E-state index in [1.807, 2.05) is 0 Å². The van der Waals surface area contributed by atoms with Crippen molar-refractivity contribution in [1.29, 1.82) is 0 Å². The van der Waals surface area contributed by atoms with Gasteiger partial charge in [-0.15, -0.1) is 0 Å². The highest BCUT2D eigenvalue weighted by Gasteiger charge is 2.29. The van der Waals surface area contributed by atoms with Crippen LogP contribution >= 0.6 is 22.6 Å². The summed E-state index contributed by atoms with van der Waals surface area (Å²) in [6, 6.07) is 6.45. The molecular formula is C14H19IN2. The van der Waals surface area contributed by atoms with Crippen molar-refractivity contribution in [3.05, 3.63) is 21.8 Å². The highest BCUT2D eigenvalue weighted by atomic mass is 127. The number of anilines is 2. The molecule has 0 aliphatic heterocycles. The topological polar surface area (TPSA) is 29.3 Å². The van der Waals surface area contributed by atoms with Gasteiger partial charge in [0, 0.05) is 16.7 Å². The fourth-order valence-corrected chi connectivity index (χ4v) is 2.82. The molecule has 1 aromatic carbocycles. The van der Waals surface area contributed by atoms with Gasteiger partial charge in [0.15, 0.2) is 0 Å². The predicted molar refractivity (Wildman–Crippen MR) is 81.2 cm³/mol. The minimum absolute atomic E-state index is 0.924. The first-order valence-corrected chi connectivity index (χ1v) is 7.60. The zero-order chi connectivity index (χ0) is 11.8. The van der Waals surface area contributed by atoms with E-state index in [1.54, 1.807) is 0 Å². The summed E-state index contributed by atoms with van der Waals surface area (Å²) in [6.45, 7) is 2.42. The van der Waals surface area contributed by atoms with Gasteiger partial charge < -0.3 is 10.6 Å². The van der Waals surface area contributed by atoms with E-state index in [9.17, 15) is 0 Å². The van der Waals surface area contributed by atoms with Crippen LogP contribution in [0.5, 0.6) is 0 Å². The third kappa shape index (κ3) is 3.06. The largest absolute Gasteiger partial charge is 0.397 e. The van der Waals surface area contributed by atoms with Crippen molar-refractivity contribution in [3.63, 3.8) is 0 Å². The smallest absolute Gasteiger partial charge is 0.0600 e. The van der Waals surface area contributed by atoms with Crippen LogP contribution in [0.4, 0.5) is 11.4 Å². The van der Waals surface area contributed by atoms with Crippen molar-refractivity contribution >= 4 is 34.0 Å². The summed E-state index contributed by atoms with van der Waals surface area (Å²) in [5, 5.41) is 0. The second-order valence-electron chi connectivity index (χ2n) is 5.49. The number of nitrogen functional groups attached to an aromatic ring is 1. The number of halogens is 1. The average Bonchev–Trinajstić information content (AvgIpc) is 3.11. The molecule has 1 aromatic rings. The summed E-state index contributed by atoms with van der Waals surface area (Å²) in [6.07, 6.45) is 5.63. The molecule has 0 unspecified atom stereocenters. The van der Waals surface area contributed by atoms with E-state index < -0.39 is 0 Å². The predicted octanol–water partition coefficient (Wildman–Crippen LogP) is 3.50. The van der Waals surface area contributed by atoms with Crippen LogP contribution in [-0.2, 0) is 0 Å². The van der Waals surface area contributed by atoms with Gasteiger partial charge in [-0.2, -0.15) is 0 Å². The molecule has 3 rings (SSSR count). The van der Waals surface area contributed by atoms with Crippen LogP contribution in [0.1, 0.15) is 25.7 Å². The molecule has 3 heteroatoms. The van der Waals surface area contributed by atoms with Gasteiger partial charge in [0.25, 0.3) is 0 Å². The van der Waals surface area contributed by atoms with Crippen LogP contribution in [0.2, 0.25) is 0 Å². The van der Waals surface area contributed by atoms with E-state index in [1.165, 1.54) is 48.0 Å². The Labute approximate surface area is 117 Å². The third-order valence-corrected chi connectivity index (χ3v) is 4.35. The molecule has 2 N–H and O–H groups in total. The number of hydrogen-bond donors (Lipinski definition) is 1. The van der Waals surface area contributed by atoms with Gasteiger partial charge in [0.2, 0.25) is 0 Å². The first kappa shape index (κ1) is 11.6. The number of rotatable bonds is 5. The number of nitrogens with zero attached hydrogens (tertiary/aromatic N) is 1. The highest BCUT2D eigenvalue weighted by Crippen LogP contribution is 2.37. The summed E-state index contributed by atoms with van der Waals surface area (Å²) in [5.74, 6) is 1.85. The standard InChI is InChI=1S/C14H19IN2/c15-12-5-6-14(13(16)7-12)17(8-10-1-2-10)9-11-3-4-11/h5-7,10-11H,1-4,8-9,16H2. The van der Waals surface area contributed by atoms with E-state index in [0.29, 0.717) is 0 Å². The lowest BCUT2D eigenvalue weighted by Crippen LogP contribution is -2.28. The normalized spacial score (nSPS) is 19.4. The Bertz CT molecular complexity index is 397. The first-order valence-electron chi connectivity index (χ1n) is 6.52. The van der Waals surface area contributed by atoms with Crippen LogP contribution in [0.3, 0.4) is 0 Å². The molecule has 0 spiro atoms. The van der Waals surface area contributed by atoms with Gasteiger partial charge in [-0.25, -0.2) is 0 Å². The monoisotopic (exact) mass is 342 g/mol. The molecular weight excluding hydrogens is 323 g/mol. The molecule has 2 saturated carbocycles. The molecule has 0 heterocycles. The van der Waals surface area contributed by atoms with Crippen molar-refractivity contribution in [2.45, 2.75) is 25.7 Å². The van der Waals surface area contributed by atoms with E-state index in [4.69, 9.17) is 5.73 Å². The van der Waals surface area contributed by atoms with Crippen molar-refractivity contribution in [2.24, 2.45) is 11.8 Å². The van der Waals surface area contributed by atoms with Gasteiger partial charge in [0.05, 0.1) is 11.4 Å². The molecule has 0 atom stereocenters. The fraction of sp³-hybridized carbons (Fsp3) is 0.571. The van der Waals surface area contributed by atoms with Crippen molar-refractivity contribution in [1.82, 2.24) is 0 Å². The summed E-state index contributed by atoms with van der Waals surface area (Å²) in [7, 11) is 0. The lowest BCUT2D eigenvalue weighted by molar-refractivity contribution is 0.680. The average molecular weight is 342 g/mol. The van der Waals surface area contributed by atoms with Gasteiger partial charge >= 0.3 is 0 Å². The zero-order valence-electron chi connectivity index (χ0n) is 10.0. The Kier molecular flexibility index (Phi) is 3.19. The Morgan fingerprint density at radius 1 is 1.12 bits per heavy atom. The first-order chi connectivity index (χ1) is 8.22.